The molecule has 5 heterocycles. The SMILES string of the molecule is O=C(N[C@H]1CN2CCC1CC2)c1ccc(-c2ccccc2-c2ncco2)o1. The molecule has 1 aromatic carbocycles. The van der Waals surface area contributed by atoms with Crippen molar-refractivity contribution in [1.29, 1.82) is 0 Å². The van der Waals surface area contributed by atoms with E-state index in [0.717, 1.165) is 43.6 Å². The first-order valence-electron chi connectivity index (χ1n) is 9.40. The molecule has 3 aliphatic heterocycles. The molecule has 6 rings (SSSR count). The summed E-state index contributed by atoms with van der Waals surface area (Å²) in [6.07, 6.45) is 5.48. The van der Waals surface area contributed by atoms with Crippen molar-refractivity contribution in [3.05, 3.63) is 54.6 Å². The maximum Gasteiger partial charge on any atom is 0.287 e. The van der Waals surface area contributed by atoms with Crippen LogP contribution in [0.15, 0.2) is 57.7 Å². The average Bonchev–Trinajstić information content (AvgIpc) is 3.41. The van der Waals surface area contributed by atoms with E-state index >= 15 is 0 Å². The zero-order chi connectivity index (χ0) is 18.2. The van der Waals surface area contributed by atoms with Crippen molar-refractivity contribution < 1.29 is 13.6 Å². The molecule has 2 aromatic heterocycles. The summed E-state index contributed by atoms with van der Waals surface area (Å²) < 4.78 is 11.3. The number of carbonyl (C=O) groups excluding carboxylic acids is 1. The van der Waals surface area contributed by atoms with Gasteiger partial charge >= 0.3 is 0 Å². The van der Waals surface area contributed by atoms with Gasteiger partial charge in [-0.05, 0) is 50.0 Å². The lowest BCUT2D eigenvalue weighted by Gasteiger charge is -2.44. The molecule has 1 amide bonds. The van der Waals surface area contributed by atoms with E-state index in [-0.39, 0.29) is 11.9 Å². The van der Waals surface area contributed by atoms with Crippen molar-refractivity contribution in [2.24, 2.45) is 5.92 Å². The van der Waals surface area contributed by atoms with Gasteiger partial charge in [0.05, 0.1) is 6.20 Å². The molecule has 3 saturated heterocycles. The quantitative estimate of drug-likeness (QED) is 0.769. The van der Waals surface area contributed by atoms with Crippen LogP contribution in [0.5, 0.6) is 0 Å². The molecule has 3 fully saturated rings. The number of hydrogen-bond donors (Lipinski definition) is 1. The van der Waals surface area contributed by atoms with E-state index in [0.29, 0.717) is 23.3 Å². The van der Waals surface area contributed by atoms with Crippen LogP contribution in [-0.4, -0.2) is 41.5 Å². The topological polar surface area (TPSA) is 71.5 Å². The standard InChI is InChI=1S/C21H21N3O3/c25-20(23-17-13-24-10-7-14(17)8-11-24)19-6-5-18(27-19)15-3-1-2-4-16(15)21-22-9-12-26-21/h1-6,9,12,14,17H,7-8,10-11,13H2,(H,23,25)/t17-/m0/s1. The predicted molar refractivity (Wildman–Crippen MR) is 100 cm³/mol. The molecule has 138 valence electrons. The van der Waals surface area contributed by atoms with E-state index in [1.54, 1.807) is 18.5 Å². The normalized spacial score (nSPS) is 24.1. The Balaban J connectivity index is 1.37. The first kappa shape index (κ1) is 16.3. The molecule has 6 nitrogen and oxygen atoms in total. The monoisotopic (exact) mass is 363 g/mol. The summed E-state index contributed by atoms with van der Waals surface area (Å²) in [4.78, 5) is 19.3. The second-order valence-electron chi connectivity index (χ2n) is 7.26. The number of carbonyl (C=O) groups is 1. The van der Waals surface area contributed by atoms with Gasteiger partial charge in [-0.15, -0.1) is 0 Å². The van der Waals surface area contributed by atoms with Crippen LogP contribution in [0.1, 0.15) is 23.4 Å². The third-order valence-corrected chi connectivity index (χ3v) is 5.66. The number of rotatable bonds is 4. The predicted octanol–water partition coefficient (Wildman–Crippen LogP) is 3.43. The molecule has 0 spiro atoms. The van der Waals surface area contributed by atoms with Crippen LogP contribution in [0, 0.1) is 5.92 Å². The maximum absolute atomic E-state index is 12.7. The highest BCUT2D eigenvalue weighted by Crippen LogP contribution is 2.32. The summed E-state index contributed by atoms with van der Waals surface area (Å²) >= 11 is 0. The lowest BCUT2D eigenvalue weighted by atomic mass is 9.84. The highest BCUT2D eigenvalue weighted by Gasteiger charge is 2.35. The minimum Gasteiger partial charge on any atom is -0.451 e. The van der Waals surface area contributed by atoms with E-state index in [2.05, 4.69) is 15.2 Å². The van der Waals surface area contributed by atoms with Crippen molar-refractivity contribution >= 4 is 5.91 Å². The van der Waals surface area contributed by atoms with Crippen molar-refractivity contribution in [3.8, 4) is 22.8 Å². The number of hydrogen-bond acceptors (Lipinski definition) is 5. The molecular weight excluding hydrogens is 342 g/mol. The second-order valence-corrected chi connectivity index (χ2v) is 7.26. The summed E-state index contributed by atoms with van der Waals surface area (Å²) in [6, 6.07) is 11.5. The molecule has 6 heteroatoms. The van der Waals surface area contributed by atoms with E-state index < -0.39 is 0 Å². The molecule has 3 aromatic rings. The largest absolute Gasteiger partial charge is 0.451 e. The second kappa shape index (κ2) is 6.70. The number of benzene rings is 1. The summed E-state index contributed by atoms with van der Waals surface area (Å²) in [5.41, 5.74) is 1.68. The first-order chi connectivity index (χ1) is 13.3. The van der Waals surface area contributed by atoms with Gasteiger partial charge in [0, 0.05) is 23.7 Å². The number of nitrogens with one attached hydrogen (secondary N) is 1. The van der Waals surface area contributed by atoms with Crippen LogP contribution in [0.2, 0.25) is 0 Å². The van der Waals surface area contributed by atoms with Crippen LogP contribution in [-0.2, 0) is 0 Å². The molecule has 1 atom stereocenters. The number of oxazole rings is 1. The van der Waals surface area contributed by atoms with Gasteiger partial charge in [-0.1, -0.05) is 18.2 Å². The van der Waals surface area contributed by atoms with Crippen molar-refractivity contribution in [2.75, 3.05) is 19.6 Å². The highest BCUT2D eigenvalue weighted by molar-refractivity contribution is 5.92. The molecule has 0 aliphatic carbocycles. The highest BCUT2D eigenvalue weighted by atomic mass is 16.4. The Morgan fingerprint density at radius 1 is 1.11 bits per heavy atom. The lowest BCUT2D eigenvalue weighted by Crippen LogP contribution is -2.57. The number of piperidine rings is 3. The van der Waals surface area contributed by atoms with Crippen LogP contribution < -0.4 is 5.32 Å². The number of amides is 1. The third-order valence-electron chi connectivity index (χ3n) is 5.66. The maximum atomic E-state index is 12.7. The Hall–Kier alpha value is -2.86. The number of aromatic nitrogens is 1. The average molecular weight is 363 g/mol. The van der Waals surface area contributed by atoms with Gasteiger partial charge in [-0.25, -0.2) is 4.98 Å². The van der Waals surface area contributed by atoms with Crippen LogP contribution in [0.3, 0.4) is 0 Å². The third kappa shape index (κ3) is 3.06. The molecule has 0 saturated carbocycles. The van der Waals surface area contributed by atoms with Crippen LogP contribution in [0.25, 0.3) is 22.8 Å². The first-order valence-corrected chi connectivity index (χ1v) is 9.40. The molecule has 0 radical (unpaired) electrons. The summed E-state index contributed by atoms with van der Waals surface area (Å²) in [6.45, 7) is 3.25. The Morgan fingerprint density at radius 2 is 1.93 bits per heavy atom. The number of nitrogens with zero attached hydrogens (tertiary/aromatic N) is 2. The number of furan rings is 1. The fraction of sp³-hybridized carbons (Fsp3) is 0.333. The van der Waals surface area contributed by atoms with E-state index in [4.69, 9.17) is 8.83 Å². The molecule has 27 heavy (non-hydrogen) atoms. The van der Waals surface area contributed by atoms with E-state index in [9.17, 15) is 4.79 Å². The van der Waals surface area contributed by atoms with Gasteiger partial charge in [0.25, 0.3) is 5.91 Å². The fourth-order valence-electron chi connectivity index (χ4n) is 4.21. The summed E-state index contributed by atoms with van der Waals surface area (Å²) in [5, 5.41) is 3.17. The lowest BCUT2D eigenvalue weighted by molar-refractivity contribution is 0.0606. The summed E-state index contributed by atoms with van der Waals surface area (Å²) in [7, 11) is 0. The van der Waals surface area contributed by atoms with Crippen molar-refractivity contribution in [2.45, 2.75) is 18.9 Å². The van der Waals surface area contributed by atoms with Gasteiger partial charge in [0.15, 0.2) is 5.76 Å². The Morgan fingerprint density at radius 3 is 2.63 bits per heavy atom. The van der Waals surface area contributed by atoms with Gasteiger partial charge in [-0.2, -0.15) is 0 Å². The van der Waals surface area contributed by atoms with Gasteiger partial charge < -0.3 is 19.1 Å². The molecule has 0 unspecified atom stereocenters. The van der Waals surface area contributed by atoms with Gasteiger partial charge in [-0.3, -0.25) is 4.79 Å². The fourth-order valence-corrected chi connectivity index (χ4v) is 4.21. The zero-order valence-electron chi connectivity index (χ0n) is 14.9. The van der Waals surface area contributed by atoms with Gasteiger partial charge in [0.1, 0.15) is 12.0 Å². The minimum absolute atomic E-state index is 0.145. The van der Waals surface area contributed by atoms with Crippen molar-refractivity contribution in [3.63, 3.8) is 0 Å². The summed E-state index contributed by atoms with van der Waals surface area (Å²) in [5.74, 6) is 1.93. The van der Waals surface area contributed by atoms with Crippen LogP contribution in [0.4, 0.5) is 0 Å². The van der Waals surface area contributed by atoms with Gasteiger partial charge in [0.2, 0.25) is 5.89 Å². The Bertz CT molecular complexity index is 939. The molecule has 1 N–H and O–H groups in total. The molecule has 3 aliphatic rings. The zero-order valence-corrected chi connectivity index (χ0v) is 14.9. The Labute approximate surface area is 157 Å². The van der Waals surface area contributed by atoms with E-state index in [1.165, 1.54) is 0 Å². The minimum atomic E-state index is -0.145. The molecular formula is C21H21N3O3. The number of fused-ring (bicyclic) bond motifs is 3. The Kier molecular flexibility index (Phi) is 4.05. The smallest absolute Gasteiger partial charge is 0.287 e. The molecule has 2 bridgehead atoms. The van der Waals surface area contributed by atoms with Crippen molar-refractivity contribution in [1.82, 2.24) is 15.2 Å². The van der Waals surface area contributed by atoms with Crippen LogP contribution >= 0.6 is 0 Å². The van der Waals surface area contributed by atoms with E-state index in [1.807, 2.05) is 30.3 Å².